The molecule has 0 amide bonds. The molecule has 0 aliphatic heterocycles. The summed E-state index contributed by atoms with van der Waals surface area (Å²) in [5.74, 6) is 0.0358. The normalized spacial score (nSPS) is 12.2. The van der Waals surface area contributed by atoms with Gasteiger partial charge in [0.15, 0.2) is 0 Å². The van der Waals surface area contributed by atoms with Crippen molar-refractivity contribution in [3.63, 3.8) is 0 Å². The number of carbonyl (C=O) groups excluding carboxylic acids is 1. The maximum atomic E-state index is 11.7. The zero-order valence-corrected chi connectivity index (χ0v) is 16.9. The summed E-state index contributed by atoms with van der Waals surface area (Å²) in [7, 11) is 0. The molecular weight excluding hydrogens is 312 g/mol. The van der Waals surface area contributed by atoms with Crippen LogP contribution in [0.15, 0.2) is 0 Å². The fraction of sp³-hybridized carbons (Fsp3) is 0.909. The quantitative estimate of drug-likeness (QED) is 0.256. The van der Waals surface area contributed by atoms with Crippen molar-refractivity contribution in [3.05, 3.63) is 0 Å². The molecule has 1 N–H and O–H groups in total. The lowest BCUT2D eigenvalue weighted by atomic mass is 9.98. The van der Waals surface area contributed by atoms with E-state index in [9.17, 15) is 9.59 Å². The Labute approximate surface area is 156 Å². The zero-order valence-electron chi connectivity index (χ0n) is 16.9. The van der Waals surface area contributed by atoms with Crippen molar-refractivity contribution < 1.29 is 14.7 Å². The molecule has 0 rings (SSSR count). The second-order valence-corrected chi connectivity index (χ2v) is 7.62. The molecule has 0 heterocycles. The molecule has 0 saturated carbocycles. The Hall–Kier alpha value is -0.860. The Kier molecular flexibility index (Phi) is 17.3. The predicted octanol–water partition coefficient (Wildman–Crippen LogP) is 6.93. The topological polar surface area (TPSA) is 54.4 Å². The summed E-state index contributed by atoms with van der Waals surface area (Å²) in [4.78, 5) is 22.1. The SMILES string of the molecule is CCC(C)C(=O)CCCCCCCCCCCCCCCCC(=O)O. The first-order chi connectivity index (χ1) is 12.1. The highest BCUT2D eigenvalue weighted by Crippen LogP contribution is 2.14. The molecule has 3 heteroatoms. The van der Waals surface area contributed by atoms with Crippen molar-refractivity contribution in [2.24, 2.45) is 5.92 Å². The number of carbonyl (C=O) groups is 2. The number of hydrogen-bond acceptors (Lipinski definition) is 2. The second kappa shape index (κ2) is 17.9. The fourth-order valence-electron chi connectivity index (χ4n) is 3.17. The molecule has 1 unspecified atom stereocenters. The van der Waals surface area contributed by atoms with Crippen LogP contribution >= 0.6 is 0 Å². The molecule has 3 nitrogen and oxygen atoms in total. The van der Waals surface area contributed by atoms with Gasteiger partial charge in [0.05, 0.1) is 0 Å². The fourth-order valence-corrected chi connectivity index (χ4v) is 3.17. The minimum absolute atomic E-state index is 0.254. The molecule has 0 radical (unpaired) electrons. The summed E-state index contributed by atoms with van der Waals surface area (Å²) in [5.41, 5.74) is 0. The van der Waals surface area contributed by atoms with Crippen molar-refractivity contribution in [3.8, 4) is 0 Å². The first-order valence-electron chi connectivity index (χ1n) is 10.8. The number of carboxylic acid groups (broad SMARTS) is 1. The lowest BCUT2D eigenvalue weighted by Crippen LogP contribution is -2.09. The molecule has 0 aromatic heterocycles. The summed E-state index contributed by atoms with van der Waals surface area (Å²) in [5, 5.41) is 8.55. The van der Waals surface area contributed by atoms with Gasteiger partial charge in [-0.15, -0.1) is 0 Å². The van der Waals surface area contributed by atoms with E-state index >= 15 is 0 Å². The maximum Gasteiger partial charge on any atom is 0.303 e. The number of hydrogen-bond donors (Lipinski definition) is 1. The summed E-state index contributed by atoms with van der Waals surface area (Å²) in [6.07, 6.45) is 19.4. The Morgan fingerprint density at radius 1 is 0.640 bits per heavy atom. The van der Waals surface area contributed by atoms with Crippen LogP contribution in [-0.4, -0.2) is 16.9 Å². The molecule has 1 atom stereocenters. The van der Waals surface area contributed by atoms with Crippen LogP contribution in [0.3, 0.4) is 0 Å². The van der Waals surface area contributed by atoms with Gasteiger partial charge < -0.3 is 5.11 Å². The third kappa shape index (κ3) is 17.7. The first kappa shape index (κ1) is 24.1. The molecule has 0 spiro atoms. The van der Waals surface area contributed by atoms with Gasteiger partial charge in [-0.2, -0.15) is 0 Å². The standard InChI is InChI=1S/C22H42O3/c1-3-20(2)21(23)18-16-14-12-10-8-6-4-5-7-9-11-13-15-17-19-22(24)25/h20H,3-19H2,1-2H3,(H,24,25). The predicted molar refractivity (Wildman–Crippen MR) is 106 cm³/mol. The van der Waals surface area contributed by atoms with Crippen LogP contribution in [0.5, 0.6) is 0 Å². The Bertz CT molecular complexity index is 325. The minimum Gasteiger partial charge on any atom is -0.481 e. The van der Waals surface area contributed by atoms with Gasteiger partial charge in [0.1, 0.15) is 5.78 Å². The first-order valence-corrected chi connectivity index (χ1v) is 10.8. The van der Waals surface area contributed by atoms with Crippen LogP contribution in [0.1, 0.15) is 123 Å². The smallest absolute Gasteiger partial charge is 0.303 e. The molecule has 0 fully saturated rings. The van der Waals surface area contributed by atoms with Crippen LogP contribution in [-0.2, 0) is 9.59 Å². The third-order valence-corrected chi connectivity index (χ3v) is 5.23. The van der Waals surface area contributed by atoms with E-state index < -0.39 is 5.97 Å². The highest BCUT2D eigenvalue weighted by Gasteiger charge is 2.09. The summed E-state index contributed by atoms with van der Waals surface area (Å²) in [6, 6.07) is 0. The largest absolute Gasteiger partial charge is 0.481 e. The zero-order chi connectivity index (χ0) is 18.8. The molecule has 0 aliphatic rings. The number of ketones is 1. The van der Waals surface area contributed by atoms with Crippen molar-refractivity contribution >= 4 is 11.8 Å². The van der Waals surface area contributed by atoms with Gasteiger partial charge in [0.2, 0.25) is 0 Å². The van der Waals surface area contributed by atoms with E-state index in [0.717, 1.165) is 32.1 Å². The minimum atomic E-state index is -0.667. The average Bonchev–Trinajstić information content (AvgIpc) is 2.60. The molecule has 148 valence electrons. The Morgan fingerprint density at radius 3 is 1.28 bits per heavy atom. The van der Waals surface area contributed by atoms with E-state index in [1.54, 1.807) is 0 Å². The monoisotopic (exact) mass is 354 g/mol. The van der Waals surface area contributed by atoms with Gasteiger partial charge in [-0.25, -0.2) is 0 Å². The molecule has 0 saturated heterocycles. The lowest BCUT2D eigenvalue weighted by Gasteiger charge is -2.07. The highest BCUT2D eigenvalue weighted by molar-refractivity contribution is 5.80. The van der Waals surface area contributed by atoms with E-state index in [1.165, 1.54) is 70.6 Å². The van der Waals surface area contributed by atoms with Gasteiger partial charge in [-0.3, -0.25) is 9.59 Å². The molecule has 0 bridgehead atoms. The summed E-state index contributed by atoms with van der Waals surface area (Å²) < 4.78 is 0. The van der Waals surface area contributed by atoms with Crippen LogP contribution in [0.2, 0.25) is 0 Å². The van der Waals surface area contributed by atoms with E-state index in [2.05, 4.69) is 6.92 Å². The molecule has 0 aliphatic carbocycles. The Morgan fingerprint density at radius 2 is 0.960 bits per heavy atom. The number of rotatable bonds is 19. The van der Waals surface area contributed by atoms with Crippen LogP contribution in [0.4, 0.5) is 0 Å². The number of unbranched alkanes of at least 4 members (excludes halogenated alkanes) is 13. The van der Waals surface area contributed by atoms with E-state index in [-0.39, 0.29) is 5.92 Å². The van der Waals surface area contributed by atoms with Gasteiger partial charge >= 0.3 is 5.97 Å². The third-order valence-electron chi connectivity index (χ3n) is 5.23. The van der Waals surface area contributed by atoms with Crippen LogP contribution < -0.4 is 0 Å². The van der Waals surface area contributed by atoms with Crippen LogP contribution in [0, 0.1) is 5.92 Å². The molecular formula is C22H42O3. The number of aliphatic carboxylic acids is 1. The van der Waals surface area contributed by atoms with E-state index in [4.69, 9.17) is 5.11 Å². The van der Waals surface area contributed by atoms with Gasteiger partial charge in [0.25, 0.3) is 0 Å². The number of Topliss-reactive ketones (excluding diaryl/α,β-unsaturated/α-hetero) is 1. The average molecular weight is 355 g/mol. The van der Waals surface area contributed by atoms with E-state index in [1.807, 2.05) is 6.92 Å². The van der Waals surface area contributed by atoms with E-state index in [0.29, 0.717) is 12.2 Å². The lowest BCUT2D eigenvalue weighted by molar-refractivity contribution is -0.137. The van der Waals surface area contributed by atoms with Crippen LogP contribution in [0.25, 0.3) is 0 Å². The maximum absolute atomic E-state index is 11.7. The highest BCUT2D eigenvalue weighted by atomic mass is 16.4. The van der Waals surface area contributed by atoms with Gasteiger partial charge in [0, 0.05) is 18.8 Å². The number of carboxylic acids is 1. The van der Waals surface area contributed by atoms with Gasteiger partial charge in [-0.1, -0.05) is 90.9 Å². The van der Waals surface area contributed by atoms with Crippen molar-refractivity contribution in [2.75, 3.05) is 0 Å². The second-order valence-electron chi connectivity index (χ2n) is 7.62. The van der Waals surface area contributed by atoms with Crippen molar-refractivity contribution in [1.82, 2.24) is 0 Å². The summed E-state index contributed by atoms with van der Waals surface area (Å²) in [6.45, 7) is 4.13. The van der Waals surface area contributed by atoms with Crippen molar-refractivity contribution in [2.45, 2.75) is 123 Å². The summed E-state index contributed by atoms with van der Waals surface area (Å²) >= 11 is 0. The molecule has 0 aromatic carbocycles. The van der Waals surface area contributed by atoms with Crippen molar-refractivity contribution in [1.29, 1.82) is 0 Å². The molecule has 0 aromatic rings. The Balaban J connectivity index is 3.12. The van der Waals surface area contributed by atoms with Gasteiger partial charge in [-0.05, 0) is 19.3 Å². The molecule has 25 heavy (non-hydrogen) atoms.